The number of carbonyl (C=O) groups excluding carboxylic acids is 2. The Bertz CT molecular complexity index is 1260. The highest BCUT2D eigenvalue weighted by molar-refractivity contribution is 7.89. The van der Waals surface area contributed by atoms with Gasteiger partial charge < -0.3 is 14.6 Å². The molecule has 2 aromatic heterocycles. The summed E-state index contributed by atoms with van der Waals surface area (Å²) in [5, 5.41) is 4.53. The Kier molecular flexibility index (Phi) is 7.82. The van der Waals surface area contributed by atoms with E-state index in [0.717, 1.165) is 16.9 Å². The van der Waals surface area contributed by atoms with Crippen molar-refractivity contribution in [2.75, 3.05) is 25.0 Å². The van der Waals surface area contributed by atoms with Gasteiger partial charge in [0.25, 0.3) is 0 Å². The quantitative estimate of drug-likeness (QED) is 0.431. The highest BCUT2D eigenvalue weighted by Gasteiger charge is 2.23. The summed E-state index contributed by atoms with van der Waals surface area (Å²) in [6.45, 7) is 6.33. The maximum absolute atomic E-state index is 12.8. The van der Waals surface area contributed by atoms with E-state index in [1.807, 2.05) is 11.6 Å². The molecule has 0 saturated heterocycles. The predicted molar refractivity (Wildman–Crippen MR) is 126 cm³/mol. The zero-order valence-corrected chi connectivity index (χ0v) is 20.6. The molecule has 0 fully saturated rings. The van der Waals surface area contributed by atoms with Crippen LogP contribution in [0.5, 0.6) is 0 Å². The van der Waals surface area contributed by atoms with Gasteiger partial charge in [-0.05, 0) is 25.1 Å². The van der Waals surface area contributed by atoms with Crippen LogP contribution >= 0.6 is 11.3 Å². The number of anilines is 1. The van der Waals surface area contributed by atoms with E-state index in [1.54, 1.807) is 39.0 Å². The SMILES string of the molecule is CCOC(=O)c1csc(NC(=O)CCc2nc3cc(S(=O)(=O)N(CC)CC)ccc3n2C)n1. The van der Waals surface area contributed by atoms with Crippen molar-refractivity contribution in [2.45, 2.75) is 38.5 Å². The zero-order valence-electron chi connectivity index (χ0n) is 19.0. The van der Waals surface area contributed by atoms with Gasteiger partial charge in [0, 0.05) is 38.4 Å². The standard InChI is InChI=1S/C21H27N5O5S2/c1-5-26(6-2)33(29,30)14-8-9-17-15(12-14)22-18(25(17)4)10-11-19(27)24-21-23-16(13-32-21)20(28)31-7-3/h8-9,12-13H,5-7,10-11H2,1-4H3,(H,23,24,27). The maximum Gasteiger partial charge on any atom is 0.357 e. The van der Waals surface area contributed by atoms with Gasteiger partial charge in [-0.2, -0.15) is 4.31 Å². The van der Waals surface area contributed by atoms with Gasteiger partial charge >= 0.3 is 5.97 Å². The molecule has 0 atom stereocenters. The first-order valence-corrected chi connectivity index (χ1v) is 12.9. The lowest BCUT2D eigenvalue weighted by molar-refractivity contribution is -0.116. The fraction of sp³-hybridized carbons (Fsp3) is 0.429. The van der Waals surface area contributed by atoms with Gasteiger partial charge in [-0.25, -0.2) is 23.2 Å². The van der Waals surface area contributed by atoms with Gasteiger partial charge in [0.15, 0.2) is 10.8 Å². The van der Waals surface area contributed by atoms with Crippen molar-refractivity contribution in [3.63, 3.8) is 0 Å². The number of nitrogens with zero attached hydrogens (tertiary/aromatic N) is 4. The average molecular weight is 494 g/mol. The number of nitrogens with one attached hydrogen (secondary N) is 1. The number of aryl methyl sites for hydroxylation is 2. The van der Waals surface area contributed by atoms with E-state index < -0.39 is 16.0 Å². The number of amides is 1. The molecule has 0 aliphatic heterocycles. The van der Waals surface area contributed by atoms with Crippen molar-refractivity contribution in [1.29, 1.82) is 0 Å². The van der Waals surface area contributed by atoms with E-state index in [1.165, 1.54) is 9.69 Å². The summed E-state index contributed by atoms with van der Waals surface area (Å²) in [7, 11) is -1.76. The van der Waals surface area contributed by atoms with Crippen LogP contribution in [0.4, 0.5) is 5.13 Å². The second kappa shape index (κ2) is 10.4. The van der Waals surface area contributed by atoms with Crippen molar-refractivity contribution < 1.29 is 22.7 Å². The summed E-state index contributed by atoms with van der Waals surface area (Å²) < 4.78 is 33.7. The molecule has 33 heavy (non-hydrogen) atoms. The third-order valence-electron chi connectivity index (χ3n) is 5.10. The van der Waals surface area contributed by atoms with E-state index in [9.17, 15) is 18.0 Å². The molecule has 0 radical (unpaired) electrons. The lowest BCUT2D eigenvalue weighted by atomic mass is 10.3. The van der Waals surface area contributed by atoms with Crippen molar-refractivity contribution in [3.8, 4) is 0 Å². The summed E-state index contributed by atoms with van der Waals surface area (Å²) in [5.41, 5.74) is 1.49. The lowest BCUT2D eigenvalue weighted by Crippen LogP contribution is -2.30. The smallest absolute Gasteiger partial charge is 0.357 e. The Morgan fingerprint density at radius 1 is 1.18 bits per heavy atom. The first kappa shape index (κ1) is 24.8. The van der Waals surface area contributed by atoms with Crippen LogP contribution in [0.1, 0.15) is 43.5 Å². The number of esters is 1. The number of rotatable bonds is 10. The van der Waals surface area contributed by atoms with Crippen molar-refractivity contribution in [2.24, 2.45) is 7.05 Å². The fourth-order valence-electron chi connectivity index (χ4n) is 3.36. The third kappa shape index (κ3) is 5.40. The van der Waals surface area contributed by atoms with Crippen LogP contribution in [-0.2, 0) is 33.0 Å². The highest BCUT2D eigenvalue weighted by Crippen LogP contribution is 2.23. The number of carbonyl (C=O) groups is 2. The van der Waals surface area contributed by atoms with E-state index >= 15 is 0 Å². The second-order valence-corrected chi connectivity index (χ2v) is 9.93. The number of thiazole rings is 1. The molecular formula is C21H27N5O5S2. The molecule has 0 saturated carbocycles. The Morgan fingerprint density at radius 2 is 1.91 bits per heavy atom. The Labute approximate surface area is 196 Å². The Morgan fingerprint density at radius 3 is 2.58 bits per heavy atom. The van der Waals surface area contributed by atoms with Crippen molar-refractivity contribution in [3.05, 3.63) is 35.1 Å². The van der Waals surface area contributed by atoms with Crippen molar-refractivity contribution in [1.82, 2.24) is 18.8 Å². The molecule has 0 unspecified atom stereocenters. The normalized spacial score (nSPS) is 11.8. The summed E-state index contributed by atoms with van der Waals surface area (Å²) >= 11 is 1.14. The minimum absolute atomic E-state index is 0.149. The lowest BCUT2D eigenvalue weighted by Gasteiger charge is -2.18. The van der Waals surface area contributed by atoms with E-state index in [4.69, 9.17) is 4.74 Å². The number of imidazole rings is 1. The molecule has 2 heterocycles. The zero-order chi connectivity index (χ0) is 24.2. The highest BCUT2D eigenvalue weighted by atomic mass is 32.2. The molecule has 1 N–H and O–H groups in total. The van der Waals surface area contributed by atoms with E-state index in [0.29, 0.717) is 36.0 Å². The summed E-state index contributed by atoms with van der Waals surface area (Å²) in [6, 6.07) is 4.88. The number of sulfonamides is 1. The Balaban J connectivity index is 1.70. The first-order chi connectivity index (χ1) is 15.7. The molecule has 0 spiro atoms. The van der Waals surface area contributed by atoms with Gasteiger partial charge in [-0.1, -0.05) is 13.8 Å². The molecule has 3 aromatic rings. The molecule has 0 aliphatic rings. The molecular weight excluding hydrogens is 466 g/mol. The van der Waals surface area contributed by atoms with Crippen LogP contribution in [0, 0.1) is 0 Å². The van der Waals surface area contributed by atoms with Gasteiger partial charge in [0.05, 0.1) is 22.5 Å². The average Bonchev–Trinajstić information content (AvgIpc) is 3.37. The molecule has 10 nitrogen and oxygen atoms in total. The Hall–Kier alpha value is -2.83. The van der Waals surface area contributed by atoms with Crippen molar-refractivity contribution >= 4 is 49.4 Å². The number of hydrogen-bond donors (Lipinski definition) is 1. The monoisotopic (exact) mass is 493 g/mol. The first-order valence-electron chi connectivity index (χ1n) is 10.6. The van der Waals surface area contributed by atoms with Gasteiger partial charge in [-0.3, -0.25) is 4.79 Å². The van der Waals surface area contributed by atoms with Gasteiger partial charge in [0.2, 0.25) is 15.9 Å². The number of aromatic nitrogens is 3. The van der Waals surface area contributed by atoms with Crippen LogP contribution in [0.2, 0.25) is 0 Å². The van der Waals surface area contributed by atoms with Crippen LogP contribution in [0.3, 0.4) is 0 Å². The fourth-order valence-corrected chi connectivity index (χ4v) is 5.54. The molecule has 3 rings (SSSR count). The third-order valence-corrected chi connectivity index (χ3v) is 7.90. The van der Waals surface area contributed by atoms with Crippen LogP contribution in [0.25, 0.3) is 11.0 Å². The van der Waals surface area contributed by atoms with Crippen LogP contribution in [-0.4, -0.2) is 58.8 Å². The molecule has 0 aliphatic carbocycles. The number of benzene rings is 1. The number of ether oxygens (including phenoxy) is 1. The minimum atomic E-state index is -3.58. The van der Waals surface area contributed by atoms with E-state index in [-0.39, 0.29) is 29.5 Å². The maximum atomic E-state index is 12.8. The second-order valence-electron chi connectivity index (χ2n) is 7.13. The molecule has 1 aromatic carbocycles. The number of fused-ring (bicyclic) bond motifs is 1. The van der Waals surface area contributed by atoms with Crippen LogP contribution in [0.15, 0.2) is 28.5 Å². The molecule has 178 valence electrons. The van der Waals surface area contributed by atoms with Gasteiger partial charge in [0.1, 0.15) is 5.82 Å². The van der Waals surface area contributed by atoms with E-state index in [2.05, 4.69) is 15.3 Å². The molecule has 1 amide bonds. The molecule has 12 heteroatoms. The molecule has 0 bridgehead atoms. The summed E-state index contributed by atoms with van der Waals surface area (Å²) in [5.74, 6) is -0.142. The summed E-state index contributed by atoms with van der Waals surface area (Å²) in [6.07, 6.45) is 0.501. The minimum Gasteiger partial charge on any atom is -0.461 e. The van der Waals surface area contributed by atoms with Gasteiger partial charge in [-0.15, -0.1) is 11.3 Å². The predicted octanol–water partition coefficient (Wildman–Crippen LogP) is 2.81. The largest absolute Gasteiger partial charge is 0.461 e. The number of hydrogen-bond acceptors (Lipinski definition) is 8. The van der Waals surface area contributed by atoms with Crippen LogP contribution < -0.4 is 5.32 Å². The topological polar surface area (TPSA) is 123 Å². The summed E-state index contributed by atoms with van der Waals surface area (Å²) in [4.78, 5) is 32.9.